The van der Waals surface area contributed by atoms with Crippen LogP contribution in [0, 0.1) is 0 Å². The summed E-state index contributed by atoms with van der Waals surface area (Å²) in [6, 6.07) is 9.95. The van der Waals surface area contributed by atoms with E-state index >= 15 is 0 Å². The molecule has 0 N–H and O–H groups in total. The first-order valence-corrected chi connectivity index (χ1v) is 5.73. The molecule has 1 aliphatic heterocycles. The average molecular weight is 232 g/mol. The summed E-state index contributed by atoms with van der Waals surface area (Å²) in [5, 5.41) is 0. The molecule has 0 spiro atoms. The van der Waals surface area contributed by atoms with E-state index in [2.05, 4.69) is 0 Å². The average Bonchev–Trinajstić information content (AvgIpc) is 2.29. The molecule has 90 valence electrons. The van der Waals surface area contributed by atoms with Crippen molar-refractivity contribution in [1.82, 2.24) is 0 Å². The highest BCUT2D eigenvalue weighted by Gasteiger charge is 2.19. The molecule has 0 saturated heterocycles. The predicted molar refractivity (Wildman–Crippen MR) is 64.4 cm³/mol. The Morgan fingerprint density at radius 1 is 1.35 bits per heavy atom. The van der Waals surface area contributed by atoms with Crippen molar-refractivity contribution in [1.29, 1.82) is 0 Å². The van der Waals surface area contributed by atoms with E-state index in [9.17, 15) is 4.79 Å². The molecule has 0 fully saturated rings. The van der Waals surface area contributed by atoms with E-state index in [0.717, 1.165) is 17.6 Å². The fourth-order valence-electron chi connectivity index (χ4n) is 1.83. The normalized spacial score (nSPS) is 19.7. The zero-order valence-electron chi connectivity index (χ0n) is 9.89. The van der Waals surface area contributed by atoms with Gasteiger partial charge in [0.2, 0.25) is 0 Å². The number of carbonyl (C=O) groups excluding carboxylic acids is 1. The van der Waals surface area contributed by atoms with Crippen molar-refractivity contribution in [3.05, 3.63) is 47.5 Å². The van der Waals surface area contributed by atoms with Gasteiger partial charge in [0.05, 0.1) is 13.2 Å². The van der Waals surface area contributed by atoms with Crippen molar-refractivity contribution >= 4 is 5.97 Å². The quantitative estimate of drug-likeness (QED) is 0.748. The Bertz CT molecular complexity index is 409. The van der Waals surface area contributed by atoms with Crippen LogP contribution in [0.4, 0.5) is 0 Å². The van der Waals surface area contributed by atoms with Gasteiger partial charge in [0.15, 0.2) is 0 Å². The van der Waals surface area contributed by atoms with Gasteiger partial charge in [-0.1, -0.05) is 35.9 Å². The topological polar surface area (TPSA) is 35.5 Å². The van der Waals surface area contributed by atoms with E-state index in [1.165, 1.54) is 6.08 Å². The molecular weight excluding hydrogens is 216 g/mol. The molecule has 0 bridgehead atoms. The number of ether oxygens (including phenoxy) is 2. The van der Waals surface area contributed by atoms with Crippen LogP contribution in [0.25, 0.3) is 0 Å². The summed E-state index contributed by atoms with van der Waals surface area (Å²) < 4.78 is 10.7. The van der Waals surface area contributed by atoms with Gasteiger partial charge < -0.3 is 9.47 Å². The summed E-state index contributed by atoms with van der Waals surface area (Å²) >= 11 is 0. The molecule has 1 aromatic rings. The molecule has 3 heteroatoms. The standard InChI is InChI=1S/C14H16O3/c1-11-7-13(17-14(15)8-11)10-16-9-12-5-3-2-4-6-12/h2-6,8,13H,7,9-10H2,1H3/t13-/m0/s1. The number of carbonyl (C=O) groups is 1. The smallest absolute Gasteiger partial charge is 0.331 e. The largest absolute Gasteiger partial charge is 0.456 e. The Morgan fingerprint density at radius 2 is 2.12 bits per heavy atom. The number of rotatable bonds is 4. The van der Waals surface area contributed by atoms with Gasteiger partial charge in [-0.2, -0.15) is 0 Å². The van der Waals surface area contributed by atoms with Crippen LogP contribution >= 0.6 is 0 Å². The van der Waals surface area contributed by atoms with Crippen LogP contribution < -0.4 is 0 Å². The van der Waals surface area contributed by atoms with Crippen molar-refractivity contribution < 1.29 is 14.3 Å². The van der Waals surface area contributed by atoms with Crippen LogP contribution in [0.2, 0.25) is 0 Å². The monoisotopic (exact) mass is 232 g/mol. The van der Waals surface area contributed by atoms with Crippen LogP contribution in [0.15, 0.2) is 42.0 Å². The van der Waals surface area contributed by atoms with Crippen molar-refractivity contribution in [3.8, 4) is 0 Å². The van der Waals surface area contributed by atoms with E-state index in [1.54, 1.807) is 0 Å². The molecule has 1 heterocycles. The number of hydrogen-bond acceptors (Lipinski definition) is 3. The van der Waals surface area contributed by atoms with Gasteiger partial charge >= 0.3 is 5.97 Å². The second-order valence-corrected chi connectivity index (χ2v) is 4.25. The molecule has 1 aromatic carbocycles. The van der Waals surface area contributed by atoms with Crippen molar-refractivity contribution in [2.45, 2.75) is 26.1 Å². The summed E-state index contributed by atoms with van der Waals surface area (Å²) in [5.74, 6) is -0.262. The van der Waals surface area contributed by atoms with Crippen molar-refractivity contribution in [2.24, 2.45) is 0 Å². The molecule has 0 unspecified atom stereocenters. The van der Waals surface area contributed by atoms with Gasteiger partial charge in [-0.15, -0.1) is 0 Å². The molecule has 1 aliphatic rings. The first-order chi connectivity index (χ1) is 8.24. The highest BCUT2D eigenvalue weighted by molar-refractivity contribution is 5.83. The lowest BCUT2D eigenvalue weighted by Crippen LogP contribution is -2.26. The van der Waals surface area contributed by atoms with Crippen molar-refractivity contribution in [3.63, 3.8) is 0 Å². The third-order valence-electron chi connectivity index (χ3n) is 2.61. The third kappa shape index (κ3) is 3.71. The Balaban J connectivity index is 1.76. The Labute approximate surface area is 101 Å². The summed E-state index contributed by atoms with van der Waals surface area (Å²) in [7, 11) is 0. The minimum Gasteiger partial charge on any atom is -0.456 e. The van der Waals surface area contributed by atoms with Crippen molar-refractivity contribution in [2.75, 3.05) is 6.61 Å². The minimum absolute atomic E-state index is 0.142. The molecular formula is C14H16O3. The molecule has 2 rings (SSSR count). The van der Waals surface area contributed by atoms with Crippen LogP contribution in [0.1, 0.15) is 18.9 Å². The maximum atomic E-state index is 11.2. The second-order valence-electron chi connectivity index (χ2n) is 4.25. The van der Waals surface area contributed by atoms with Crippen LogP contribution in [-0.4, -0.2) is 18.7 Å². The molecule has 0 radical (unpaired) electrons. The van der Waals surface area contributed by atoms with Crippen LogP contribution in [0.3, 0.4) is 0 Å². The number of esters is 1. The van der Waals surface area contributed by atoms with Gasteiger partial charge in [0.1, 0.15) is 6.10 Å². The fraction of sp³-hybridized carbons (Fsp3) is 0.357. The summed E-state index contributed by atoms with van der Waals surface area (Å²) in [6.45, 7) is 2.94. The Morgan fingerprint density at radius 3 is 2.82 bits per heavy atom. The highest BCUT2D eigenvalue weighted by atomic mass is 16.6. The molecule has 0 amide bonds. The highest BCUT2D eigenvalue weighted by Crippen LogP contribution is 2.15. The molecule has 0 aliphatic carbocycles. The van der Waals surface area contributed by atoms with Gasteiger partial charge in [-0.3, -0.25) is 0 Å². The third-order valence-corrected chi connectivity index (χ3v) is 2.61. The number of cyclic esters (lactones) is 1. The molecule has 0 aromatic heterocycles. The maximum Gasteiger partial charge on any atom is 0.331 e. The predicted octanol–water partition coefficient (Wildman–Crippen LogP) is 2.47. The Kier molecular flexibility index (Phi) is 3.94. The SMILES string of the molecule is CC1=CC(=O)O[C@H](COCc2ccccc2)C1. The molecule has 3 nitrogen and oxygen atoms in total. The van der Waals surface area contributed by atoms with E-state index in [4.69, 9.17) is 9.47 Å². The minimum atomic E-state index is -0.262. The lowest BCUT2D eigenvalue weighted by atomic mass is 10.1. The lowest BCUT2D eigenvalue weighted by molar-refractivity contribution is -0.147. The van der Waals surface area contributed by atoms with E-state index in [1.807, 2.05) is 37.3 Å². The molecule has 1 atom stereocenters. The van der Waals surface area contributed by atoms with Crippen LogP contribution in [0.5, 0.6) is 0 Å². The molecule has 17 heavy (non-hydrogen) atoms. The second kappa shape index (κ2) is 5.64. The maximum absolute atomic E-state index is 11.2. The summed E-state index contributed by atoms with van der Waals surface area (Å²) in [5.41, 5.74) is 2.18. The lowest BCUT2D eigenvalue weighted by Gasteiger charge is -2.21. The van der Waals surface area contributed by atoms with E-state index in [0.29, 0.717) is 13.2 Å². The number of benzene rings is 1. The van der Waals surface area contributed by atoms with Gasteiger partial charge in [0.25, 0.3) is 0 Å². The first-order valence-electron chi connectivity index (χ1n) is 5.73. The van der Waals surface area contributed by atoms with Gasteiger partial charge in [-0.05, 0) is 12.5 Å². The first kappa shape index (κ1) is 11.9. The summed E-state index contributed by atoms with van der Waals surface area (Å²) in [6.07, 6.45) is 2.16. The zero-order chi connectivity index (χ0) is 12.1. The van der Waals surface area contributed by atoms with Gasteiger partial charge in [-0.25, -0.2) is 4.79 Å². The summed E-state index contributed by atoms with van der Waals surface area (Å²) in [4.78, 5) is 11.2. The van der Waals surface area contributed by atoms with Crippen LogP contribution in [-0.2, 0) is 20.9 Å². The zero-order valence-corrected chi connectivity index (χ0v) is 9.89. The molecule has 0 saturated carbocycles. The Hall–Kier alpha value is -1.61. The van der Waals surface area contributed by atoms with E-state index in [-0.39, 0.29) is 12.1 Å². The number of hydrogen-bond donors (Lipinski definition) is 0. The fourth-order valence-corrected chi connectivity index (χ4v) is 1.83. The van der Waals surface area contributed by atoms with Gasteiger partial charge in [0, 0.05) is 12.5 Å². The van der Waals surface area contributed by atoms with E-state index < -0.39 is 0 Å².